The Balaban J connectivity index is 2.63. The van der Waals surface area contributed by atoms with Crippen LogP contribution in [0, 0.1) is 0 Å². The molecule has 2 heterocycles. The Morgan fingerprint density at radius 2 is 1.54 bits per heavy atom. The van der Waals surface area contributed by atoms with Crippen molar-refractivity contribution in [3.63, 3.8) is 0 Å². The van der Waals surface area contributed by atoms with Crippen LogP contribution in [0.2, 0.25) is 0 Å². The second-order valence-electron chi connectivity index (χ2n) is 7.14. The second-order valence-corrected chi connectivity index (χ2v) is 7.14. The molecule has 0 saturated heterocycles. The van der Waals surface area contributed by atoms with E-state index in [1.807, 2.05) is 27.7 Å². The fraction of sp³-hybridized carbons (Fsp3) is 0.750. The van der Waals surface area contributed by atoms with Gasteiger partial charge in [-0.25, -0.2) is 9.78 Å². The van der Waals surface area contributed by atoms with Crippen LogP contribution in [0.1, 0.15) is 60.3 Å². The van der Waals surface area contributed by atoms with E-state index in [0.717, 1.165) is 25.7 Å². The number of hydrogen-bond donors (Lipinski definition) is 0. The third-order valence-corrected chi connectivity index (χ3v) is 4.81. The summed E-state index contributed by atoms with van der Waals surface area (Å²) in [6.07, 6.45) is 5.09. The van der Waals surface area contributed by atoms with Crippen LogP contribution >= 0.6 is 0 Å². The van der Waals surface area contributed by atoms with Gasteiger partial charge in [0, 0.05) is 26.3 Å². The van der Waals surface area contributed by atoms with Gasteiger partial charge in [-0.15, -0.1) is 0 Å². The molecule has 8 heteroatoms. The Morgan fingerprint density at radius 3 is 2.07 bits per heavy atom. The van der Waals surface area contributed by atoms with Crippen molar-refractivity contribution in [2.24, 2.45) is 0 Å². The summed E-state index contributed by atoms with van der Waals surface area (Å²) >= 11 is 0. The van der Waals surface area contributed by atoms with Gasteiger partial charge in [-0.1, -0.05) is 26.7 Å². The molecule has 2 aromatic rings. The molecule has 28 heavy (non-hydrogen) atoms. The molecule has 0 spiro atoms. The highest BCUT2D eigenvalue weighted by atomic mass is 16.7. The Hall–Kier alpha value is -1.93. The van der Waals surface area contributed by atoms with Gasteiger partial charge in [0.05, 0.1) is 12.9 Å². The van der Waals surface area contributed by atoms with Crippen molar-refractivity contribution in [2.45, 2.75) is 85.7 Å². The minimum Gasteiger partial charge on any atom is -0.349 e. The number of aromatic nitrogens is 4. The maximum absolute atomic E-state index is 13.2. The van der Waals surface area contributed by atoms with Gasteiger partial charge in [-0.3, -0.25) is 13.9 Å². The summed E-state index contributed by atoms with van der Waals surface area (Å²) in [6.45, 7) is 12.0. The molecule has 0 aliphatic heterocycles. The van der Waals surface area contributed by atoms with Gasteiger partial charge in [0.25, 0.3) is 5.56 Å². The zero-order chi connectivity index (χ0) is 20.7. The average molecular weight is 395 g/mol. The third kappa shape index (κ3) is 4.72. The minimum atomic E-state index is -0.873. The van der Waals surface area contributed by atoms with E-state index in [1.165, 1.54) is 4.57 Å². The summed E-state index contributed by atoms with van der Waals surface area (Å²) in [7, 11) is 0. The summed E-state index contributed by atoms with van der Waals surface area (Å²) in [5, 5.41) is 0. The molecule has 158 valence electrons. The molecule has 0 radical (unpaired) electrons. The van der Waals surface area contributed by atoms with Gasteiger partial charge >= 0.3 is 5.69 Å². The molecule has 0 aliphatic rings. The predicted molar refractivity (Wildman–Crippen MR) is 110 cm³/mol. The lowest BCUT2D eigenvalue weighted by molar-refractivity contribution is -0.228. The van der Waals surface area contributed by atoms with E-state index in [-0.39, 0.29) is 11.2 Å². The van der Waals surface area contributed by atoms with Gasteiger partial charge in [-0.05, 0) is 33.6 Å². The average Bonchev–Trinajstić information content (AvgIpc) is 3.05. The first-order valence-corrected chi connectivity index (χ1v) is 10.4. The lowest BCUT2D eigenvalue weighted by Gasteiger charge is -2.29. The van der Waals surface area contributed by atoms with Crippen molar-refractivity contribution in [1.29, 1.82) is 0 Å². The summed E-state index contributed by atoms with van der Waals surface area (Å²) < 4.78 is 16.3. The quantitative estimate of drug-likeness (QED) is 0.517. The summed E-state index contributed by atoms with van der Waals surface area (Å²) in [6, 6.07) is 0. The van der Waals surface area contributed by atoms with Crippen molar-refractivity contribution in [3.05, 3.63) is 27.2 Å². The lowest BCUT2D eigenvalue weighted by atomic mass is 10.3. The smallest absolute Gasteiger partial charge is 0.332 e. The molecule has 0 fully saturated rings. The van der Waals surface area contributed by atoms with Gasteiger partial charge in [-0.2, -0.15) is 0 Å². The van der Waals surface area contributed by atoms with E-state index in [9.17, 15) is 9.59 Å². The minimum absolute atomic E-state index is 0.276. The van der Waals surface area contributed by atoms with Crippen LogP contribution in [0.5, 0.6) is 0 Å². The van der Waals surface area contributed by atoms with E-state index in [0.29, 0.717) is 44.0 Å². The molecule has 0 unspecified atom stereocenters. The Morgan fingerprint density at radius 1 is 0.964 bits per heavy atom. The second kappa shape index (κ2) is 10.0. The van der Waals surface area contributed by atoms with E-state index >= 15 is 0 Å². The fourth-order valence-electron chi connectivity index (χ4n) is 3.44. The number of rotatable bonds is 12. The van der Waals surface area contributed by atoms with Crippen molar-refractivity contribution in [3.8, 4) is 0 Å². The Bertz CT molecular complexity index is 875. The Labute approximate surface area is 166 Å². The van der Waals surface area contributed by atoms with Crippen molar-refractivity contribution in [2.75, 3.05) is 13.2 Å². The first kappa shape index (κ1) is 22.4. The van der Waals surface area contributed by atoms with Gasteiger partial charge in [0.15, 0.2) is 17.0 Å². The number of ether oxygens (including phenoxy) is 2. The molecule has 2 aromatic heterocycles. The SMILES string of the molecule is CCCCn1c(=O)c2c(ncn2CC(C)(OCC)OCC)n(CCCC)c1=O. The van der Waals surface area contributed by atoms with Crippen LogP contribution in [-0.2, 0) is 29.1 Å². The van der Waals surface area contributed by atoms with Crippen molar-refractivity contribution >= 4 is 11.2 Å². The van der Waals surface area contributed by atoms with Crippen LogP contribution in [0.4, 0.5) is 0 Å². The normalized spacial score (nSPS) is 12.2. The molecular weight excluding hydrogens is 360 g/mol. The fourth-order valence-corrected chi connectivity index (χ4v) is 3.44. The standard InChI is InChI=1S/C20H34N4O4/c1-6-10-12-23-17-16(18(25)24(19(23)26)13-11-7-2)22(15-21-17)14-20(5,27-8-3)28-9-4/h15H,6-14H2,1-5H3. The Kier molecular flexibility index (Phi) is 8.00. The van der Waals surface area contributed by atoms with E-state index < -0.39 is 5.79 Å². The molecule has 0 aromatic carbocycles. The van der Waals surface area contributed by atoms with Crippen LogP contribution < -0.4 is 11.2 Å². The van der Waals surface area contributed by atoms with Crippen LogP contribution in [0.15, 0.2) is 15.9 Å². The summed E-state index contributed by atoms with van der Waals surface area (Å²) in [5.74, 6) is -0.873. The lowest BCUT2D eigenvalue weighted by Crippen LogP contribution is -2.42. The maximum Gasteiger partial charge on any atom is 0.332 e. The zero-order valence-electron chi connectivity index (χ0n) is 17.9. The highest BCUT2D eigenvalue weighted by molar-refractivity contribution is 5.70. The van der Waals surface area contributed by atoms with Crippen LogP contribution in [0.3, 0.4) is 0 Å². The molecule has 0 amide bonds. The first-order chi connectivity index (χ1) is 13.4. The topological polar surface area (TPSA) is 80.3 Å². The zero-order valence-corrected chi connectivity index (χ0v) is 17.9. The summed E-state index contributed by atoms with van der Waals surface area (Å²) in [4.78, 5) is 30.5. The number of hydrogen-bond acceptors (Lipinski definition) is 5. The van der Waals surface area contributed by atoms with Crippen LogP contribution in [0.25, 0.3) is 11.2 Å². The number of unbranched alkanes of at least 4 members (excludes halogenated alkanes) is 2. The molecule has 0 aliphatic carbocycles. The molecule has 0 N–H and O–H groups in total. The first-order valence-electron chi connectivity index (χ1n) is 10.4. The van der Waals surface area contributed by atoms with Gasteiger partial charge in [0.2, 0.25) is 0 Å². The van der Waals surface area contributed by atoms with Gasteiger partial charge in [0.1, 0.15) is 0 Å². The highest BCUT2D eigenvalue weighted by Crippen LogP contribution is 2.18. The number of nitrogens with zero attached hydrogens (tertiary/aromatic N) is 4. The van der Waals surface area contributed by atoms with E-state index in [4.69, 9.17) is 9.47 Å². The number of imidazole rings is 1. The molecule has 8 nitrogen and oxygen atoms in total. The number of fused-ring (bicyclic) bond motifs is 1. The molecule has 0 saturated carbocycles. The molecule has 0 atom stereocenters. The number of aryl methyl sites for hydroxylation is 1. The third-order valence-electron chi connectivity index (χ3n) is 4.81. The van der Waals surface area contributed by atoms with Crippen LogP contribution in [-0.4, -0.2) is 37.7 Å². The predicted octanol–water partition coefficient (Wildman–Crippen LogP) is 2.75. The molecule has 2 rings (SSSR count). The van der Waals surface area contributed by atoms with Crippen molar-refractivity contribution < 1.29 is 9.47 Å². The maximum atomic E-state index is 13.2. The van der Waals surface area contributed by atoms with Crippen molar-refractivity contribution in [1.82, 2.24) is 18.7 Å². The molecule has 0 bridgehead atoms. The summed E-state index contributed by atoms with van der Waals surface area (Å²) in [5.41, 5.74) is 0.292. The largest absolute Gasteiger partial charge is 0.349 e. The highest BCUT2D eigenvalue weighted by Gasteiger charge is 2.28. The monoisotopic (exact) mass is 394 g/mol. The molecular formula is C20H34N4O4. The van der Waals surface area contributed by atoms with Gasteiger partial charge < -0.3 is 14.0 Å². The van der Waals surface area contributed by atoms with E-state index in [2.05, 4.69) is 11.9 Å². The van der Waals surface area contributed by atoms with E-state index in [1.54, 1.807) is 15.5 Å².